The number of fused-ring (bicyclic) bond motifs is 1. The van der Waals surface area contributed by atoms with Gasteiger partial charge in [-0.05, 0) is 30.2 Å². The molecule has 1 atom stereocenters. The lowest BCUT2D eigenvalue weighted by Gasteiger charge is -2.28. The fourth-order valence-corrected chi connectivity index (χ4v) is 3.58. The lowest BCUT2D eigenvalue weighted by atomic mass is 9.82. The Kier molecular flexibility index (Phi) is 5.05. The van der Waals surface area contributed by atoms with Crippen LogP contribution in [-0.2, 0) is 16.1 Å². The zero-order chi connectivity index (χ0) is 21.3. The number of benzene rings is 2. The summed E-state index contributed by atoms with van der Waals surface area (Å²) in [4.78, 5) is 42.1. The minimum Gasteiger partial charge on any atom is -0.457 e. The molecule has 0 spiro atoms. The van der Waals surface area contributed by atoms with Crippen LogP contribution in [0.3, 0.4) is 0 Å². The molecule has 7 nitrogen and oxygen atoms in total. The van der Waals surface area contributed by atoms with E-state index in [4.69, 9.17) is 4.74 Å². The zero-order valence-electron chi connectivity index (χ0n) is 16.0. The Morgan fingerprint density at radius 3 is 2.57 bits per heavy atom. The van der Waals surface area contributed by atoms with Gasteiger partial charge in [-0.15, -0.1) is 0 Å². The molecule has 1 aliphatic rings. The second kappa shape index (κ2) is 7.82. The van der Waals surface area contributed by atoms with Crippen LogP contribution < -0.4 is 16.6 Å². The van der Waals surface area contributed by atoms with Crippen molar-refractivity contribution < 1.29 is 13.9 Å². The molecule has 4 rings (SSSR count). The Morgan fingerprint density at radius 1 is 1.07 bits per heavy atom. The van der Waals surface area contributed by atoms with Crippen molar-refractivity contribution in [2.75, 3.05) is 5.32 Å². The monoisotopic (exact) mass is 407 g/mol. The van der Waals surface area contributed by atoms with Gasteiger partial charge in [0.15, 0.2) is 0 Å². The standard InChI is InChI=1S/C22H18FN3O4/c1-12-16(21(28)30-11-13-6-3-2-4-7-13)17(14-8-5-9-15(23)10-14)18-19(24-12)25-22(29)26-20(18)27/h2-10,17H,11H2,1H3,(H3,24,25,26,27,29). The molecule has 3 N–H and O–H groups in total. The molecule has 2 aromatic carbocycles. The summed E-state index contributed by atoms with van der Waals surface area (Å²) in [5.41, 5.74) is 0.512. The summed E-state index contributed by atoms with van der Waals surface area (Å²) in [6.45, 7) is 1.68. The van der Waals surface area contributed by atoms with Crippen LogP contribution >= 0.6 is 0 Å². The molecule has 0 bridgehead atoms. The molecule has 0 aliphatic carbocycles. The van der Waals surface area contributed by atoms with E-state index in [-0.39, 0.29) is 23.6 Å². The molecule has 152 valence electrons. The Hall–Kier alpha value is -3.94. The molecule has 0 saturated heterocycles. The first-order valence-corrected chi connectivity index (χ1v) is 9.25. The lowest BCUT2D eigenvalue weighted by Crippen LogP contribution is -2.35. The summed E-state index contributed by atoms with van der Waals surface area (Å²) in [5, 5.41) is 2.89. The average Bonchev–Trinajstić information content (AvgIpc) is 2.71. The van der Waals surface area contributed by atoms with Crippen LogP contribution in [0.2, 0.25) is 0 Å². The van der Waals surface area contributed by atoms with E-state index in [9.17, 15) is 18.8 Å². The third-order valence-electron chi connectivity index (χ3n) is 4.89. The maximum Gasteiger partial charge on any atom is 0.337 e. The Morgan fingerprint density at radius 2 is 1.83 bits per heavy atom. The van der Waals surface area contributed by atoms with Crippen molar-refractivity contribution in [3.63, 3.8) is 0 Å². The van der Waals surface area contributed by atoms with E-state index in [2.05, 4.69) is 15.3 Å². The van der Waals surface area contributed by atoms with E-state index in [1.807, 2.05) is 30.3 Å². The van der Waals surface area contributed by atoms with Gasteiger partial charge >= 0.3 is 11.7 Å². The first-order chi connectivity index (χ1) is 14.4. The Labute approximate surface area is 170 Å². The van der Waals surface area contributed by atoms with Crippen LogP contribution in [0.4, 0.5) is 10.2 Å². The van der Waals surface area contributed by atoms with Gasteiger partial charge in [0, 0.05) is 5.70 Å². The average molecular weight is 407 g/mol. The highest BCUT2D eigenvalue weighted by molar-refractivity contribution is 5.94. The molecule has 1 aromatic heterocycles. The van der Waals surface area contributed by atoms with Crippen molar-refractivity contribution in [3.8, 4) is 0 Å². The summed E-state index contributed by atoms with van der Waals surface area (Å²) in [5.74, 6) is -1.91. The third kappa shape index (κ3) is 3.67. The van der Waals surface area contributed by atoms with E-state index in [0.29, 0.717) is 11.3 Å². The van der Waals surface area contributed by atoms with Gasteiger partial charge in [-0.3, -0.25) is 14.8 Å². The van der Waals surface area contributed by atoms with Crippen molar-refractivity contribution in [1.29, 1.82) is 0 Å². The van der Waals surface area contributed by atoms with Gasteiger partial charge in [-0.25, -0.2) is 14.0 Å². The van der Waals surface area contributed by atoms with E-state index in [0.717, 1.165) is 5.56 Å². The predicted octanol–water partition coefficient (Wildman–Crippen LogP) is 2.78. The number of allylic oxidation sites excluding steroid dienone is 1. The molecule has 1 aliphatic heterocycles. The van der Waals surface area contributed by atoms with Gasteiger partial charge in [-0.2, -0.15) is 0 Å². The fourth-order valence-electron chi connectivity index (χ4n) is 3.58. The van der Waals surface area contributed by atoms with Crippen molar-refractivity contribution in [2.45, 2.75) is 19.4 Å². The van der Waals surface area contributed by atoms with E-state index >= 15 is 0 Å². The summed E-state index contributed by atoms with van der Waals surface area (Å²) in [6.07, 6.45) is 0. The van der Waals surface area contributed by atoms with Crippen molar-refractivity contribution in [3.05, 3.63) is 109 Å². The number of anilines is 1. The number of halogens is 1. The normalized spacial score (nSPS) is 15.3. The van der Waals surface area contributed by atoms with Crippen LogP contribution in [0.25, 0.3) is 0 Å². The summed E-state index contributed by atoms with van der Waals surface area (Å²) in [6, 6.07) is 14.8. The van der Waals surface area contributed by atoms with Crippen LogP contribution in [-0.4, -0.2) is 15.9 Å². The number of nitrogens with one attached hydrogen (secondary N) is 3. The molecule has 1 unspecified atom stereocenters. The lowest BCUT2D eigenvalue weighted by molar-refractivity contribution is -0.140. The fraction of sp³-hybridized carbons (Fsp3) is 0.136. The maximum absolute atomic E-state index is 14.0. The Bertz CT molecular complexity index is 1260. The summed E-state index contributed by atoms with van der Waals surface area (Å²) >= 11 is 0. The van der Waals surface area contributed by atoms with Crippen molar-refractivity contribution in [1.82, 2.24) is 9.97 Å². The summed E-state index contributed by atoms with van der Waals surface area (Å²) < 4.78 is 19.4. The van der Waals surface area contributed by atoms with Gasteiger partial charge in [0.25, 0.3) is 5.56 Å². The van der Waals surface area contributed by atoms with E-state index in [1.54, 1.807) is 13.0 Å². The third-order valence-corrected chi connectivity index (χ3v) is 4.89. The molecule has 0 radical (unpaired) electrons. The number of aromatic nitrogens is 2. The first-order valence-electron chi connectivity index (χ1n) is 9.25. The highest BCUT2D eigenvalue weighted by atomic mass is 19.1. The minimum atomic E-state index is -0.916. The van der Waals surface area contributed by atoms with Crippen LogP contribution in [0.15, 0.2) is 75.5 Å². The number of carbonyl (C=O) groups is 1. The molecule has 0 amide bonds. The van der Waals surface area contributed by atoms with Gasteiger partial charge in [-0.1, -0.05) is 42.5 Å². The smallest absolute Gasteiger partial charge is 0.337 e. The van der Waals surface area contributed by atoms with Crippen molar-refractivity contribution in [2.24, 2.45) is 0 Å². The number of carbonyl (C=O) groups excluding carboxylic acids is 1. The number of hydrogen-bond acceptors (Lipinski definition) is 5. The predicted molar refractivity (Wildman–Crippen MR) is 108 cm³/mol. The van der Waals surface area contributed by atoms with Gasteiger partial charge < -0.3 is 10.1 Å². The number of hydrogen-bond donors (Lipinski definition) is 3. The van der Waals surface area contributed by atoms with E-state index in [1.165, 1.54) is 18.2 Å². The molecular weight excluding hydrogens is 389 g/mol. The number of rotatable bonds is 4. The minimum absolute atomic E-state index is 0.0428. The molecule has 0 fully saturated rings. The topological polar surface area (TPSA) is 104 Å². The molecular formula is C22H18FN3O4. The van der Waals surface area contributed by atoms with Crippen LogP contribution in [0, 0.1) is 5.82 Å². The van der Waals surface area contributed by atoms with Gasteiger partial charge in [0.1, 0.15) is 18.2 Å². The highest BCUT2D eigenvalue weighted by Crippen LogP contribution is 2.39. The maximum atomic E-state index is 14.0. The molecule has 8 heteroatoms. The molecule has 2 heterocycles. The molecule has 3 aromatic rings. The highest BCUT2D eigenvalue weighted by Gasteiger charge is 2.36. The van der Waals surface area contributed by atoms with E-state index < -0.39 is 29.0 Å². The number of ether oxygens (including phenoxy) is 1. The van der Waals surface area contributed by atoms with Crippen LogP contribution in [0.5, 0.6) is 0 Å². The number of esters is 1. The number of H-pyrrole nitrogens is 2. The quantitative estimate of drug-likeness (QED) is 0.577. The Balaban J connectivity index is 1.80. The summed E-state index contributed by atoms with van der Waals surface area (Å²) in [7, 11) is 0. The SMILES string of the molecule is CC1=C(C(=O)OCc2ccccc2)C(c2cccc(F)c2)c2c([nH]c(=O)[nH]c2=O)N1. The first kappa shape index (κ1) is 19.4. The molecule has 0 saturated carbocycles. The largest absolute Gasteiger partial charge is 0.457 e. The zero-order valence-corrected chi connectivity index (χ0v) is 16.0. The second-order valence-electron chi connectivity index (χ2n) is 6.91. The van der Waals surface area contributed by atoms with Crippen LogP contribution in [0.1, 0.15) is 29.5 Å². The number of aromatic amines is 2. The van der Waals surface area contributed by atoms with Gasteiger partial charge in [0.2, 0.25) is 0 Å². The van der Waals surface area contributed by atoms with Crippen molar-refractivity contribution >= 4 is 11.8 Å². The molecule has 30 heavy (non-hydrogen) atoms. The second-order valence-corrected chi connectivity index (χ2v) is 6.91. The van der Waals surface area contributed by atoms with Gasteiger partial charge in [0.05, 0.1) is 17.1 Å².